The van der Waals surface area contributed by atoms with Crippen LogP contribution in [0.1, 0.15) is 46.0 Å². The molecule has 0 atom stereocenters. The number of anilines is 3. The highest BCUT2D eigenvalue weighted by atomic mass is 35.5. The quantitative estimate of drug-likeness (QED) is 0.358. The SMILES string of the molecule is CC(C)CN(c1cc(F)c(OCC(=O)O)cc1NC(=O)Nc1ccc(Cl)cc1F)C1CCCCC1. The van der Waals surface area contributed by atoms with Crippen molar-refractivity contribution in [1.82, 2.24) is 0 Å². The van der Waals surface area contributed by atoms with Crippen LogP contribution in [0.5, 0.6) is 5.75 Å². The van der Waals surface area contributed by atoms with Crippen molar-refractivity contribution in [3.05, 3.63) is 47.0 Å². The third-order valence-electron chi connectivity index (χ3n) is 5.72. The van der Waals surface area contributed by atoms with Gasteiger partial charge in [0.2, 0.25) is 0 Å². The summed E-state index contributed by atoms with van der Waals surface area (Å²) in [7, 11) is 0. The van der Waals surface area contributed by atoms with Crippen molar-refractivity contribution in [2.45, 2.75) is 52.0 Å². The number of nitrogens with zero attached hydrogens (tertiary/aromatic N) is 1. The van der Waals surface area contributed by atoms with Crippen LogP contribution in [0.4, 0.5) is 30.6 Å². The van der Waals surface area contributed by atoms with Gasteiger partial charge in [0, 0.05) is 29.7 Å². The molecule has 0 saturated heterocycles. The summed E-state index contributed by atoms with van der Waals surface area (Å²) in [6, 6.07) is 5.77. The van der Waals surface area contributed by atoms with E-state index in [1.165, 1.54) is 24.3 Å². The summed E-state index contributed by atoms with van der Waals surface area (Å²) in [6.45, 7) is 4.00. The topological polar surface area (TPSA) is 90.9 Å². The Balaban J connectivity index is 1.96. The molecule has 1 saturated carbocycles. The molecule has 0 heterocycles. The minimum absolute atomic E-state index is 0.0794. The van der Waals surface area contributed by atoms with E-state index in [-0.39, 0.29) is 34.1 Å². The van der Waals surface area contributed by atoms with Gasteiger partial charge in [0.25, 0.3) is 0 Å². The highest BCUT2D eigenvalue weighted by Crippen LogP contribution is 2.37. The second-order valence-corrected chi connectivity index (χ2v) is 9.46. The van der Waals surface area contributed by atoms with E-state index < -0.39 is 30.2 Å². The standard InChI is InChI=1S/C25H30ClF2N3O4/c1-15(2)13-31(17-6-4-3-5-7-17)22-11-19(28)23(35-14-24(32)33)12-21(22)30-25(34)29-20-9-8-16(26)10-18(20)27/h8-12,15,17H,3-7,13-14H2,1-2H3,(H,32,33)(H2,29,30,34). The van der Waals surface area contributed by atoms with Crippen LogP contribution < -0.4 is 20.3 Å². The maximum Gasteiger partial charge on any atom is 0.341 e. The average Bonchev–Trinajstić information content (AvgIpc) is 2.80. The first kappa shape index (κ1) is 26.5. The van der Waals surface area contributed by atoms with E-state index in [2.05, 4.69) is 29.4 Å². The van der Waals surface area contributed by atoms with Gasteiger partial charge >= 0.3 is 12.0 Å². The number of nitrogens with one attached hydrogen (secondary N) is 2. The van der Waals surface area contributed by atoms with Crippen molar-refractivity contribution >= 4 is 40.7 Å². The van der Waals surface area contributed by atoms with Crippen molar-refractivity contribution in [3.8, 4) is 5.75 Å². The number of rotatable bonds is 9. The van der Waals surface area contributed by atoms with E-state index >= 15 is 0 Å². The van der Waals surface area contributed by atoms with Crippen LogP contribution in [0.25, 0.3) is 0 Å². The molecule has 2 aromatic carbocycles. The van der Waals surface area contributed by atoms with Gasteiger partial charge in [-0.25, -0.2) is 18.4 Å². The maximum absolute atomic E-state index is 15.0. The molecule has 2 amide bonds. The predicted molar refractivity (Wildman–Crippen MR) is 133 cm³/mol. The molecule has 1 aliphatic rings. The highest BCUT2D eigenvalue weighted by molar-refractivity contribution is 6.30. The number of carbonyl (C=O) groups is 2. The number of amides is 2. The van der Waals surface area contributed by atoms with Crippen LogP contribution in [0, 0.1) is 17.6 Å². The lowest BCUT2D eigenvalue weighted by Crippen LogP contribution is -2.40. The molecule has 2 aromatic rings. The first-order valence-electron chi connectivity index (χ1n) is 11.6. The van der Waals surface area contributed by atoms with E-state index in [9.17, 15) is 18.4 Å². The second kappa shape index (κ2) is 12.1. The molecule has 10 heteroatoms. The third kappa shape index (κ3) is 7.45. The highest BCUT2D eigenvalue weighted by Gasteiger charge is 2.26. The maximum atomic E-state index is 15.0. The third-order valence-corrected chi connectivity index (χ3v) is 5.95. The Morgan fingerprint density at radius 3 is 2.40 bits per heavy atom. The molecular weight excluding hydrogens is 480 g/mol. The largest absolute Gasteiger partial charge is 0.479 e. The van der Waals surface area contributed by atoms with E-state index in [1.807, 2.05) is 0 Å². The van der Waals surface area contributed by atoms with Crippen LogP contribution in [-0.4, -0.2) is 36.3 Å². The fourth-order valence-electron chi connectivity index (χ4n) is 4.23. The monoisotopic (exact) mass is 509 g/mol. The summed E-state index contributed by atoms with van der Waals surface area (Å²) in [4.78, 5) is 25.8. The van der Waals surface area contributed by atoms with Gasteiger partial charge in [-0.15, -0.1) is 0 Å². The van der Waals surface area contributed by atoms with Gasteiger partial charge in [0.15, 0.2) is 18.2 Å². The molecule has 0 spiro atoms. The Labute approximate surface area is 208 Å². The summed E-state index contributed by atoms with van der Waals surface area (Å²) < 4.78 is 34.3. The Morgan fingerprint density at radius 2 is 1.77 bits per heavy atom. The van der Waals surface area contributed by atoms with Crippen LogP contribution >= 0.6 is 11.6 Å². The number of carboxylic acids is 1. The molecule has 0 radical (unpaired) electrons. The molecule has 7 nitrogen and oxygen atoms in total. The van der Waals surface area contributed by atoms with Crippen LogP contribution in [0.2, 0.25) is 5.02 Å². The Bertz CT molecular complexity index is 1060. The number of ether oxygens (including phenoxy) is 1. The molecule has 0 bridgehead atoms. The van der Waals surface area contributed by atoms with Gasteiger partial charge in [-0.3, -0.25) is 0 Å². The Hall–Kier alpha value is -3.07. The summed E-state index contributed by atoms with van der Waals surface area (Å²) in [6.07, 6.45) is 5.13. The minimum Gasteiger partial charge on any atom is -0.479 e. The molecule has 35 heavy (non-hydrogen) atoms. The number of carboxylic acid groups (broad SMARTS) is 1. The van der Waals surface area contributed by atoms with Crippen molar-refractivity contribution < 1.29 is 28.2 Å². The summed E-state index contributed by atoms with van der Waals surface area (Å²) in [5.74, 6) is -2.76. The first-order valence-corrected chi connectivity index (χ1v) is 12.0. The van der Waals surface area contributed by atoms with Crippen LogP contribution in [-0.2, 0) is 4.79 Å². The molecule has 190 valence electrons. The zero-order valence-corrected chi connectivity index (χ0v) is 20.5. The smallest absolute Gasteiger partial charge is 0.341 e. The number of halogens is 3. The molecule has 0 unspecified atom stereocenters. The van der Waals surface area contributed by atoms with E-state index in [0.29, 0.717) is 12.2 Å². The fourth-order valence-corrected chi connectivity index (χ4v) is 4.39. The van der Waals surface area contributed by atoms with E-state index in [4.69, 9.17) is 21.4 Å². The van der Waals surface area contributed by atoms with Crippen molar-refractivity contribution in [1.29, 1.82) is 0 Å². The Kier molecular flexibility index (Phi) is 9.14. The zero-order valence-electron chi connectivity index (χ0n) is 19.7. The summed E-state index contributed by atoms with van der Waals surface area (Å²) in [5.41, 5.74) is 0.603. The second-order valence-electron chi connectivity index (χ2n) is 9.02. The predicted octanol–water partition coefficient (Wildman–Crippen LogP) is 6.52. The molecule has 1 aliphatic carbocycles. The van der Waals surface area contributed by atoms with Gasteiger partial charge in [-0.2, -0.15) is 0 Å². The number of carbonyl (C=O) groups excluding carboxylic acids is 1. The van der Waals surface area contributed by atoms with Crippen molar-refractivity contribution in [2.24, 2.45) is 5.92 Å². The van der Waals surface area contributed by atoms with Gasteiger partial charge < -0.3 is 25.4 Å². The molecule has 3 N–H and O–H groups in total. The molecular formula is C25H30ClF2N3O4. The van der Waals surface area contributed by atoms with E-state index in [1.54, 1.807) is 0 Å². The van der Waals surface area contributed by atoms with Crippen LogP contribution in [0.15, 0.2) is 30.3 Å². The molecule has 1 fully saturated rings. The summed E-state index contributed by atoms with van der Waals surface area (Å²) in [5, 5.41) is 14.2. The van der Waals surface area contributed by atoms with Gasteiger partial charge in [-0.05, 0) is 37.0 Å². The van der Waals surface area contributed by atoms with Crippen LogP contribution in [0.3, 0.4) is 0 Å². The van der Waals surface area contributed by atoms with E-state index in [0.717, 1.165) is 38.2 Å². The number of urea groups is 1. The van der Waals surface area contributed by atoms with Gasteiger partial charge in [0.05, 0.1) is 17.1 Å². The molecule has 0 aromatic heterocycles. The minimum atomic E-state index is -1.26. The lowest BCUT2D eigenvalue weighted by atomic mass is 9.93. The number of benzene rings is 2. The lowest BCUT2D eigenvalue weighted by Gasteiger charge is -2.38. The summed E-state index contributed by atoms with van der Waals surface area (Å²) >= 11 is 5.77. The normalized spacial score (nSPS) is 14.0. The number of hydrogen-bond donors (Lipinski definition) is 3. The van der Waals surface area contributed by atoms with Gasteiger partial charge in [-0.1, -0.05) is 44.7 Å². The fraction of sp³-hybridized carbons (Fsp3) is 0.440. The zero-order chi connectivity index (χ0) is 25.5. The molecule has 3 rings (SSSR count). The number of aliphatic carboxylic acids is 1. The van der Waals surface area contributed by atoms with Gasteiger partial charge in [0.1, 0.15) is 5.82 Å². The lowest BCUT2D eigenvalue weighted by molar-refractivity contribution is -0.139. The Morgan fingerprint density at radius 1 is 1.09 bits per heavy atom. The average molecular weight is 510 g/mol. The van der Waals surface area contributed by atoms with Crippen molar-refractivity contribution in [2.75, 3.05) is 28.7 Å². The first-order chi connectivity index (χ1) is 16.6. The van der Waals surface area contributed by atoms with Crippen molar-refractivity contribution in [3.63, 3.8) is 0 Å². The number of hydrogen-bond acceptors (Lipinski definition) is 4. The molecule has 0 aliphatic heterocycles.